The van der Waals surface area contributed by atoms with Crippen LogP contribution in [0.1, 0.15) is 18.9 Å². The fourth-order valence-corrected chi connectivity index (χ4v) is 0.879. The maximum Gasteiger partial charge on any atom is -0.0170 e. The van der Waals surface area contributed by atoms with E-state index in [2.05, 4.69) is 37.6 Å². The minimum absolute atomic E-state index is 1.10. The molecule has 0 bridgehead atoms. The number of unbranched alkanes of at least 4 members (excludes halogenated alkanes) is 1. The first-order chi connectivity index (χ1) is 5.43. The molecule has 0 unspecified atom stereocenters. The Morgan fingerprint density at radius 1 is 1.18 bits per heavy atom. The van der Waals surface area contributed by atoms with E-state index < -0.39 is 0 Å². The van der Waals surface area contributed by atoms with Crippen LogP contribution in [0, 0.1) is 6.42 Å². The molecule has 0 saturated carbocycles. The van der Waals surface area contributed by atoms with Crippen molar-refractivity contribution in [1.29, 1.82) is 0 Å². The Kier molecular flexibility index (Phi) is 3.46. The summed E-state index contributed by atoms with van der Waals surface area (Å²) < 4.78 is 0. The summed E-state index contributed by atoms with van der Waals surface area (Å²) in [4.78, 5) is 0. The Hall–Kier alpha value is -1.04. The zero-order valence-corrected chi connectivity index (χ0v) is 6.83. The molecule has 1 aromatic rings. The molecule has 0 N–H and O–H groups in total. The van der Waals surface area contributed by atoms with Crippen molar-refractivity contribution in [2.24, 2.45) is 0 Å². The van der Waals surface area contributed by atoms with Crippen molar-refractivity contribution in [3.05, 3.63) is 48.4 Å². The van der Waals surface area contributed by atoms with Gasteiger partial charge in [0.05, 0.1) is 0 Å². The smallest absolute Gasteiger partial charge is 0.0170 e. The molecule has 0 aliphatic heterocycles. The highest BCUT2D eigenvalue weighted by Crippen LogP contribution is 2.01. The van der Waals surface area contributed by atoms with Gasteiger partial charge >= 0.3 is 0 Å². The summed E-state index contributed by atoms with van der Waals surface area (Å²) in [5.41, 5.74) is 1.26. The summed E-state index contributed by atoms with van der Waals surface area (Å²) in [6.45, 7) is 2.13. The van der Waals surface area contributed by atoms with Crippen molar-refractivity contribution in [3.63, 3.8) is 0 Å². The largest absolute Gasteiger partial charge is 0.0802 e. The van der Waals surface area contributed by atoms with Gasteiger partial charge in [0.15, 0.2) is 0 Å². The number of hydrogen-bond acceptors (Lipinski definition) is 0. The number of rotatable bonds is 3. The van der Waals surface area contributed by atoms with E-state index in [0.29, 0.717) is 0 Å². The van der Waals surface area contributed by atoms with Crippen molar-refractivity contribution in [2.75, 3.05) is 0 Å². The van der Waals surface area contributed by atoms with E-state index in [9.17, 15) is 0 Å². The number of benzene rings is 1. The Morgan fingerprint density at radius 2 is 1.91 bits per heavy atom. The zero-order chi connectivity index (χ0) is 7.94. The minimum Gasteiger partial charge on any atom is -0.0802 e. The van der Waals surface area contributed by atoms with Gasteiger partial charge in [0.25, 0.3) is 0 Å². The van der Waals surface area contributed by atoms with Crippen LogP contribution < -0.4 is 0 Å². The second-order valence-electron chi connectivity index (χ2n) is 2.41. The van der Waals surface area contributed by atoms with E-state index in [0.717, 1.165) is 6.42 Å². The van der Waals surface area contributed by atoms with Crippen molar-refractivity contribution in [3.8, 4) is 0 Å². The predicted octanol–water partition coefficient (Wildman–Crippen LogP) is 3.31. The summed E-state index contributed by atoms with van der Waals surface area (Å²) in [6.07, 6.45) is 7.45. The Bertz CT molecular complexity index is 209. The minimum atomic E-state index is 1.10. The van der Waals surface area contributed by atoms with Crippen LogP contribution in [0.5, 0.6) is 0 Å². The van der Waals surface area contributed by atoms with Crippen LogP contribution in [-0.2, 0) is 0 Å². The van der Waals surface area contributed by atoms with Crippen LogP contribution in [0.4, 0.5) is 0 Å². The molecule has 1 radical (unpaired) electrons. The molecule has 1 rings (SSSR count). The van der Waals surface area contributed by atoms with Crippen LogP contribution in [0.3, 0.4) is 0 Å². The summed E-state index contributed by atoms with van der Waals surface area (Å²) in [5.74, 6) is 0. The molecule has 1 aromatic carbocycles. The number of allylic oxidation sites excluding steroid dienone is 1. The average Bonchev–Trinajstić information content (AvgIpc) is 2.07. The van der Waals surface area contributed by atoms with E-state index in [1.165, 1.54) is 5.56 Å². The molecular weight excluding hydrogens is 132 g/mol. The SMILES string of the molecule is CC[CH]C=Cc1ccccc1. The molecule has 0 heteroatoms. The molecule has 57 valence electrons. The Labute approximate surface area is 68.6 Å². The van der Waals surface area contributed by atoms with Crippen molar-refractivity contribution in [2.45, 2.75) is 13.3 Å². The van der Waals surface area contributed by atoms with Crippen LogP contribution in [0.2, 0.25) is 0 Å². The van der Waals surface area contributed by atoms with Crippen molar-refractivity contribution in [1.82, 2.24) is 0 Å². The summed E-state index contributed by atoms with van der Waals surface area (Å²) in [7, 11) is 0. The van der Waals surface area contributed by atoms with E-state index >= 15 is 0 Å². The van der Waals surface area contributed by atoms with Gasteiger partial charge in [-0.05, 0) is 18.4 Å². The third-order valence-corrected chi connectivity index (χ3v) is 1.46. The molecule has 0 atom stereocenters. The second kappa shape index (κ2) is 4.73. The van der Waals surface area contributed by atoms with Crippen LogP contribution in [0.25, 0.3) is 6.08 Å². The molecule has 11 heavy (non-hydrogen) atoms. The summed E-state index contributed by atoms with van der Waals surface area (Å²) in [5, 5.41) is 0. The van der Waals surface area contributed by atoms with Gasteiger partial charge in [0.2, 0.25) is 0 Å². The maximum atomic E-state index is 2.15. The molecular formula is C11H13. The monoisotopic (exact) mass is 145 g/mol. The fourth-order valence-electron chi connectivity index (χ4n) is 0.879. The standard InChI is InChI=1S/C11H13/c1-2-3-5-8-11-9-6-4-7-10-11/h3-10H,2H2,1H3. The lowest BCUT2D eigenvalue weighted by molar-refractivity contribution is 1.15. The molecule has 0 saturated heterocycles. The summed E-state index contributed by atoms with van der Waals surface area (Å²) >= 11 is 0. The molecule has 0 nitrogen and oxygen atoms in total. The third-order valence-electron chi connectivity index (χ3n) is 1.46. The van der Waals surface area contributed by atoms with Crippen LogP contribution in [-0.4, -0.2) is 0 Å². The van der Waals surface area contributed by atoms with E-state index in [4.69, 9.17) is 0 Å². The predicted molar refractivity (Wildman–Crippen MR) is 50.1 cm³/mol. The average molecular weight is 145 g/mol. The van der Waals surface area contributed by atoms with Gasteiger partial charge in [-0.3, -0.25) is 0 Å². The van der Waals surface area contributed by atoms with Crippen LogP contribution >= 0.6 is 0 Å². The topological polar surface area (TPSA) is 0 Å². The van der Waals surface area contributed by atoms with Crippen molar-refractivity contribution >= 4 is 6.08 Å². The first kappa shape index (κ1) is 8.06. The third kappa shape index (κ3) is 3.03. The first-order valence-electron chi connectivity index (χ1n) is 3.98. The van der Waals surface area contributed by atoms with Crippen LogP contribution in [0.15, 0.2) is 36.4 Å². The molecule has 0 fully saturated rings. The van der Waals surface area contributed by atoms with E-state index in [1.807, 2.05) is 18.2 Å². The summed E-state index contributed by atoms with van der Waals surface area (Å²) in [6, 6.07) is 10.3. The molecule has 0 aliphatic carbocycles. The molecule has 0 aliphatic rings. The Balaban J connectivity index is 2.50. The zero-order valence-electron chi connectivity index (χ0n) is 6.83. The van der Waals surface area contributed by atoms with Gasteiger partial charge in [-0.15, -0.1) is 0 Å². The van der Waals surface area contributed by atoms with Gasteiger partial charge in [0, 0.05) is 0 Å². The highest BCUT2D eigenvalue weighted by atomic mass is 13.9. The molecule has 0 heterocycles. The lowest BCUT2D eigenvalue weighted by atomic mass is 10.2. The maximum absolute atomic E-state index is 2.15. The Morgan fingerprint density at radius 3 is 2.55 bits per heavy atom. The van der Waals surface area contributed by atoms with Gasteiger partial charge in [-0.2, -0.15) is 0 Å². The lowest BCUT2D eigenvalue weighted by Gasteiger charge is -1.89. The first-order valence-corrected chi connectivity index (χ1v) is 3.98. The second-order valence-corrected chi connectivity index (χ2v) is 2.41. The van der Waals surface area contributed by atoms with E-state index in [-0.39, 0.29) is 0 Å². The number of hydrogen-bond donors (Lipinski definition) is 0. The van der Waals surface area contributed by atoms with Gasteiger partial charge < -0.3 is 0 Å². The fraction of sp³-hybridized carbons (Fsp3) is 0.182. The highest BCUT2D eigenvalue weighted by molar-refractivity contribution is 5.49. The van der Waals surface area contributed by atoms with Crippen molar-refractivity contribution < 1.29 is 0 Å². The highest BCUT2D eigenvalue weighted by Gasteiger charge is 1.80. The molecule has 0 amide bonds. The molecule has 0 spiro atoms. The van der Waals surface area contributed by atoms with Gasteiger partial charge in [0.1, 0.15) is 0 Å². The van der Waals surface area contributed by atoms with Gasteiger partial charge in [-0.25, -0.2) is 0 Å². The quantitative estimate of drug-likeness (QED) is 0.612. The van der Waals surface area contributed by atoms with Gasteiger partial charge in [-0.1, -0.05) is 49.4 Å². The van der Waals surface area contributed by atoms with E-state index in [1.54, 1.807) is 0 Å². The lowest BCUT2D eigenvalue weighted by Crippen LogP contribution is -1.68. The molecule has 0 aromatic heterocycles. The normalized spacial score (nSPS) is 10.6.